The van der Waals surface area contributed by atoms with Gasteiger partial charge in [-0.05, 0) is 38.1 Å². The van der Waals surface area contributed by atoms with Crippen LogP contribution in [-0.4, -0.2) is 26.2 Å². The fourth-order valence-corrected chi connectivity index (χ4v) is 3.25. The third kappa shape index (κ3) is 4.70. The van der Waals surface area contributed by atoms with Crippen molar-refractivity contribution in [1.29, 1.82) is 0 Å². The molecular formula is C17H16F2N2O4S. The summed E-state index contributed by atoms with van der Waals surface area (Å²) in [4.78, 5) is 23.2. The average molecular weight is 382 g/mol. The van der Waals surface area contributed by atoms with Crippen LogP contribution in [0.1, 0.15) is 24.2 Å². The SMILES string of the molecule is CC(=O)c1ccc(S(=O)(=O)N[C@@H](C)C(=O)Nc2ccc(F)c(F)c2)cc1. The van der Waals surface area contributed by atoms with Crippen LogP contribution in [-0.2, 0) is 14.8 Å². The van der Waals surface area contributed by atoms with Gasteiger partial charge in [-0.1, -0.05) is 12.1 Å². The monoisotopic (exact) mass is 382 g/mol. The van der Waals surface area contributed by atoms with E-state index in [4.69, 9.17) is 0 Å². The van der Waals surface area contributed by atoms with Crippen molar-refractivity contribution in [2.24, 2.45) is 0 Å². The van der Waals surface area contributed by atoms with Gasteiger partial charge in [0.1, 0.15) is 0 Å². The number of nitrogens with one attached hydrogen (secondary N) is 2. The highest BCUT2D eigenvalue weighted by Crippen LogP contribution is 2.14. The second-order valence-electron chi connectivity index (χ2n) is 5.54. The predicted molar refractivity (Wildman–Crippen MR) is 91.2 cm³/mol. The third-order valence-corrected chi connectivity index (χ3v) is 5.04. The van der Waals surface area contributed by atoms with Crippen LogP contribution in [0.25, 0.3) is 0 Å². The minimum Gasteiger partial charge on any atom is -0.325 e. The molecule has 1 atom stereocenters. The van der Waals surface area contributed by atoms with E-state index in [2.05, 4.69) is 10.0 Å². The van der Waals surface area contributed by atoms with Crippen LogP contribution < -0.4 is 10.0 Å². The summed E-state index contributed by atoms with van der Waals surface area (Å²) in [7, 11) is -4.01. The Labute approximate surface area is 149 Å². The maximum absolute atomic E-state index is 13.2. The summed E-state index contributed by atoms with van der Waals surface area (Å²) in [6, 6.07) is 6.83. The van der Waals surface area contributed by atoms with Gasteiger partial charge in [0, 0.05) is 17.3 Å². The number of amides is 1. The van der Waals surface area contributed by atoms with Gasteiger partial charge < -0.3 is 5.32 Å². The molecule has 0 radical (unpaired) electrons. The van der Waals surface area contributed by atoms with Gasteiger partial charge in [-0.3, -0.25) is 9.59 Å². The molecule has 0 bridgehead atoms. The number of hydrogen-bond acceptors (Lipinski definition) is 4. The minimum atomic E-state index is -4.01. The van der Waals surface area contributed by atoms with Crippen molar-refractivity contribution in [2.45, 2.75) is 24.8 Å². The van der Waals surface area contributed by atoms with E-state index in [-0.39, 0.29) is 16.4 Å². The molecule has 0 spiro atoms. The van der Waals surface area contributed by atoms with Crippen molar-refractivity contribution in [3.05, 3.63) is 59.7 Å². The first kappa shape index (κ1) is 19.7. The van der Waals surface area contributed by atoms with Crippen LogP contribution in [0.15, 0.2) is 47.4 Å². The summed E-state index contributed by atoms with van der Waals surface area (Å²) in [6.45, 7) is 2.66. The summed E-state index contributed by atoms with van der Waals surface area (Å²) in [5.41, 5.74) is 0.346. The molecule has 6 nitrogen and oxygen atoms in total. The van der Waals surface area contributed by atoms with Crippen LogP contribution >= 0.6 is 0 Å². The number of Topliss-reactive ketones (excluding diaryl/α,β-unsaturated/α-hetero) is 1. The number of sulfonamides is 1. The molecule has 0 aliphatic heterocycles. The Hall–Kier alpha value is -2.65. The molecule has 138 valence electrons. The Morgan fingerprint density at radius 1 is 1.00 bits per heavy atom. The van der Waals surface area contributed by atoms with Gasteiger partial charge >= 0.3 is 0 Å². The van der Waals surface area contributed by atoms with Crippen LogP contribution in [0.2, 0.25) is 0 Å². The first-order valence-corrected chi connectivity index (χ1v) is 8.98. The Balaban J connectivity index is 2.08. The standard InChI is InChI=1S/C17H16F2N2O4S/c1-10(17(23)20-13-5-8-15(18)16(19)9-13)21-26(24,25)14-6-3-12(4-7-14)11(2)22/h3-10,21H,1-2H3,(H,20,23)/t10-/m0/s1. The highest BCUT2D eigenvalue weighted by Gasteiger charge is 2.22. The zero-order valence-electron chi connectivity index (χ0n) is 13.9. The topological polar surface area (TPSA) is 92.3 Å². The molecule has 0 heterocycles. The van der Waals surface area contributed by atoms with Crippen LogP contribution in [0, 0.1) is 11.6 Å². The number of rotatable bonds is 6. The zero-order chi connectivity index (χ0) is 19.5. The Morgan fingerprint density at radius 3 is 2.15 bits per heavy atom. The quantitative estimate of drug-likeness (QED) is 0.751. The average Bonchev–Trinajstić information content (AvgIpc) is 2.57. The number of carbonyl (C=O) groups is 2. The summed E-state index contributed by atoms with van der Waals surface area (Å²) in [6.07, 6.45) is 0. The highest BCUT2D eigenvalue weighted by atomic mass is 32.2. The molecule has 0 aromatic heterocycles. The van der Waals surface area contributed by atoms with Crippen molar-refractivity contribution >= 4 is 27.4 Å². The minimum absolute atomic E-state index is 0.00856. The molecule has 2 rings (SSSR count). The second kappa shape index (κ2) is 7.71. The fourth-order valence-electron chi connectivity index (χ4n) is 2.05. The number of benzene rings is 2. The van der Waals surface area contributed by atoms with Crippen molar-refractivity contribution in [3.8, 4) is 0 Å². The van der Waals surface area contributed by atoms with Gasteiger partial charge in [0.2, 0.25) is 15.9 Å². The van der Waals surface area contributed by atoms with E-state index < -0.39 is 33.6 Å². The Kier molecular flexibility index (Phi) is 5.83. The normalized spacial score (nSPS) is 12.5. The van der Waals surface area contributed by atoms with Crippen molar-refractivity contribution in [2.75, 3.05) is 5.32 Å². The molecule has 0 saturated carbocycles. The van der Waals surface area contributed by atoms with Crippen LogP contribution in [0.3, 0.4) is 0 Å². The smallest absolute Gasteiger partial charge is 0.242 e. The van der Waals surface area contributed by atoms with Gasteiger partial charge in [-0.15, -0.1) is 0 Å². The van der Waals surface area contributed by atoms with Gasteiger partial charge in [0.25, 0.3) is 0 Å². The Morgan fingerprint density at radius 2 is 1.62 bits per heavy atom. The van der Waals surface area contributed by atoms with E-state index in [1.54, 1.807) is 0 Å². The maximum Gasteiger partial charge on any atom is 0.242 e. The summed E-state index contributed by atoms with van der Waals surface area (Å²) in [5, 5.41) is 2.29. The lowest BCUT2D eigenvalue weighted by Gasteiger charge is -2.15. The molecular weight excluding hydrogens is 366 g/mol. The van der Waals surface area contributed by atoms with E-state index >= 15 is 0 Å². The molecule has 2 aromatic rings. The molecule has 0 aliphatic rings. The molecule has 2 aromatic carbocycles. The van der Waals surface area contributed by atoms with E-state index in [0.717, 1.165) is 18.2 Å². The molecule has 0 fully saturated rings. The molecule has 9 heteroatoms. The largest absolute Gasteiger partial charge is 0.325 e. The van der Waals surface area contributed by atoms with E-state index in [9.17, 15) is 26.8 Å². The maximum atomic E-state index is 13.2. The number of carbonyl (C=O) groups excluding carboxylic acids is 2. The number of hydrogen-bond donors (Lipinski definition) is 2. The molecule has 1 amide bonds. The van der Waals surface area contributed by atoms with Gasteiger partial charge in [0.15, 0.2) is 17.4 Å². The lowest BCUT2D eigenvalue weighted by atomic mass is 10.2. The summed E-state index contributed by atoms with van der Waals surface area (Å²) < 4.78 is 52.8. The van der Waals surface area contributed by atoms with E-state index in [0.29, 0.717) is 5.56 Å². The van der Waals surface area contributed by atoms with E-state index in [1.807, 2.05) is 0 Å². The first-order valence-electron chi connectivity index (χ1n) is 7.49. The second-order valence-corrected chi connectivity index (χ2v) is 7.26. The molecule has 0 saturated heterocycles. The predicted octanol–water partition coefficient (Wildman–Crippen LogP) is 2.47. The van der Waals surface area contributed by atoms with Gasteiger partial charge in [-0.25, -0.2) is 17.2 Å². The molecule has 2 N–H and O–H groups in total. The summed E-state index contributed by atoms with van der Waals surface area (Å²) in [5.74, 6) is -3.16. The van der Waals surface area contributed by atoms with Crippen molar-refractivity contribution in [3.63, 3.8) is 0 Å². The number of halogens is 2. The third-order valence-electron chi connectivity index (χ3n) is 3.48. The van der Waals surface area contributed by atoms with Crippen molar-refractivity contribution < 1.29 is 26.8 Å². The van der Waals surface area contributed by atoms with Gasteiger partial charge in [-0.2, -0.15) is 4.72 Å². The van der Waals surface area contributed by atoms with Crippen molar-refractivity contribution in [1.82, 2.24) is 4.72 Å². The number of anilines is 1. The molecule has 0 aliphatic carbocycles. The van der Waals surface area contributed by atoms with Gasteiger partial charge in [0.05, 0.1) is 10.9 Å². The fraction of sp³-hybridized carbons (Fsp3) is 0.176. The highest BCUT2D eigenvalue weighted by molar-refractivity contribution is 7.89. The lowest BCUT2D eigenvalue weighted by Crippen LogP contribution is -2.41. The molecule has 0 unspecified atom stereocenters. The lowest BCUT2D eigenvalue weighted by molar-refractivity contribution is -0.117. The Bertz CT molecular complexity index is 944. The molecule has 26 heavy (non-hydrogen) atoms. The van der Waals surface area contributed by atoms with Crippen LogP contribution in [0.4, 0.5) is 14.5 Å². The summed E-state index contributed by atoms with van der Waals surface area (Å²) >= 11 is 0. The zero-order valence-corrected chi connectivity index (χ0v) is 14.7. The number of ketones is 1. The van der Waals surface area contributed by atoms with Crippen LogP contribution in [0.5, 0.6) is 0 Å². The van der Waals surface area contributed by atoms with E-state index in [1.165, 1.54) is 38.1 Å². The first-order chi connectivity index (χ1) is 12.1.